The molecule has 0 aromatic carbocycles. The van der Waals surface area contributed by atoms with Gasteiger partial charge < -0.3 is 5.32 Å². The molecule has 35 heavy (non-hydrogen) atoms. The lowest BCUT2D eigenvalue weighted by molar-refractivity contribution is -0.0879. The highest BCUT2D eigenvalue weighted by Gasteiger charge is 2.47. The summed E-state index contributed by atoms with van der Waals surface area (Å²) < 4.78 is 42.0. The van der Waals surface area contributed by atoms with Crippen molar-refractivity contribution in [3.63, 3.8) is 0 Å². The molecular formula is C28H37F3N4. The van der Waals surface area contributed by atoms with E-state index in [0.29, 0.717) is 6.42 Å². The molecule has 0 radical (unpaired) electrons. The van der Waals surface area contributed by atoms with Crippen LogP contribution in [0.25, 0.3) is 0 Å². The molecule has 2 aromatic rings. The number of rotatable bonds is 9. The summed E-state index contributed by atoms with van der Waals surface area (Å²) in [6.07, 6.45) is 7.05. The Hall–Kier alpha value is -2.15. The third kappa shape index (κ3) is 5.65. The number of unbranched alkanes of at least 4 members (excludes halogenated alkanes) is 1. The van der Waals surface area contributed by atoms with Gasteiger partial charge in [0.15, 0.2) is 0 Å². The normalized spacial score (nSPS) is 23.8. The fourth-order valence-electron chi connectivity index (χ4n) is 6.03. The van der Waals surface area contributed by atoms with Gasteiger partial charge in [-0.15, -0.1) is 0 Å². The average molecular weight is 487 g/mol. The average Bonchev–Trinajstić information content (AvgIpc) is 3.35. The zero-order chi connectivity index (χ0) is 24.4. The predicted molar refractivity (Wildman–Crippen MR) is 133 cm³/mol. The molecule has 3 atom stereocenters. The lowest BCUT2D eigenvalue weighted by Gasteiger charge is -2.37. The smallest absolute Gasteiger partial charge is 0.249 e. The number of alkyl halides is 3. The van der Waals surface area contributed by atoms with Crippen LogP contribution >= 0.6 is 0 Å². The number of fused-ring (bicyclic) bond motifs is 1. The van der Waals surface area contributed by atoms with Crippen molar-refractivity contribution in [1.82, 2.24) is 14.9 Å². The standard InChI is InChI=1S/C28H37F3N4/c1-19(24-8-5-13-32-26(24)22-16-28(30,31)17-22)35-15-12-21(18-35)25(29)9-3-2-7-23-11-10-20-6-4-14-33-27(20)34-23/h5,8,10-11,13,19,21-22,25H,2-4,6-7,9,12,14-18H2,1H3,(H,33,34). The van der Waals surface area contributed by atoms with E-state index in [2.05, 4.69) is 34.3 Å². The van der Waals surface area contributed by atoms with Crippen molar-refractivity contribution in [3.8, 4) is 0 Å². The zero-order valence-electron chi connectivity index (χ0n) is 20.7. The second-order valence-electron chi connectivity index (χ2n) is 10.8. The second kappa shape index (κ2) is 10.5. The summed E-state index contributed by atoms with van der Waals surface area (Å²) in [5, 5.41) is 3.38. The van der Waals surface area contributed by atoms with E-state index in [1.54, 1.807) is 6.20 Å². The van der Waals surface area contributed by atoms with Crippen LogP contribution in [-0.4, -0.2) is 46.6 Å². The number of hydrogen-bond donors (Lipinski definition) is 1. The molecule has 3 unspecified atom stereocenters. The molecule has 1 aliphatic carbocycles. The lowest BCUT2D eigenvalue weighted by atomic mass is 9.77. The van der Waals surface area contributed by atoms with Crippen LogP contribution in [0.5, 0.6) is 0 Å². The summed E-state index contributed by atoms with van der Waals surface area (Å²) in [4.78, 5) is 11.5. The van der Waals surface area contributed by atoms with Crippen LogP contribution in [0.4, 0.5) is 19.0 Å². The Bertz CT molecular complexity index is 1010. The van der Waals surface area contributed by atoms with Crippen molar-refractivity contribution in [3.05, 3.63) is 53.0 Å². The SMILES string of the molecule is CC(c1cccnc1C1CC(F)(F)C1)N1CCC(C(F)CCCCc2ccc3c(n2)NCCC3)C1. The summed E-state index contributed by atoms with van der Waals surface area (Å²) >= 11 is 0. The molecule has 2 aromatic heterocycles. The largest absolute Gasteiger partial charge is 0.370 e. The Labute approximate surface area is 206 Å². The monoisotopic (exact) mass is 486 g/mol. The molecule has 5 rings (SSSR count). The highest BCUT2D eigenvalue weighted by molar-refractivity contribution is 5.47. The molecule has 1 saturated carbocycles. The molecule has 0 bridgehead atoms. The van der Waals surface area contributed by atoms with Crippen LogP contribution in [0, 0.1) is 5.92 Å². The molecule has 2 aliphatic heterocycles. The molecule has 2 fully saturated rings. The third-order valence-corrected chi connectivity index (χ3v) is 8.23. The first-order valence-electron chi connectivity index (χ1n) is 13.3. The van der Waals surface area contributed by atoms with Gasteiger partial charge in [-0.2, -0.15) is 0 Å². The first-order chi connectivity index (χ1) is 16.9. The Kier molecular flexibility index (Phi) is 7.33. The number of aromatic nitrogens is 2. The van der Waals surface area contributed by atoms with Gasteiger partial charge in [0, 0.05) is 61.4 Å². The van der Waals surface area contributed by atoms with Crippen molar-refractivity contribution < 1.29 is 13.2 Å². The van der Waals surface area contributed by atoms with Crippen molar-refractivity contribution in [2.75, 3.05) is 25.0 Å². The zero-order valence-corrected chi connectivity index (χ0v) is 20.7. The van der Waals surface area contributed by atoms with E-state index >= 15 is 4.39 Å². The quantitative estimate of drug-likeness (QED) is 0.412. The molecule has 3 aliphatic rings. The molecular weight excluding hydrogens is 449 g/mol. The van der Waals surface area contributed by atoms with Gasteiger partial charge in [0.1, 0.15) is 12.0 Å². The molecule has 4 nitrogen and oxygen atoms in total. The number of pyridine rings is 2. The van der Waals surface area contributed by atoms with E-state index < -0.39 is 12.1 Å². The lowest BCUT2D eigenvalue weighted by Crippen LogP contribution is -2.35. The van der Waals surface area contributed by atoms with Crippen molar-refractivity contribution >= 4 is 5.82 Å². The summed E-state index contributed by atoms with van der Waals surface area (Å²) in [6, 6.07) is 8.25. The van der Waals surface area contributed by atoms with E-state index in [1.807, 2.05) is 12.1 Å². The van der Waals surface area contributed by atoms with Gasteiger partial charge in [0.25, 0.3) is 0 Å². The summed E-state index contributed by atoms with van der Waals surface area (Å²) in [5.74, 6) is -1.66. The maximum Gasteiger partial charge on any atom is 0.249 e. The van der Waals surface area contributed by atoms with Crippen molar-refractivity contribution in [2.24, 2.45) is 5.92 Å². The van der Waals surface area contributed by atoms with Crippen LogP contribution in [-0.2, 0) is 12.8 Å². The van der Waals surface area contributed by atoms with Gasteiger partial charge in [0.05, 0.1) is 0 Å². The highest BCUT2D eigenvalue weighted by atomic mass is 19.3. The molecule has 190 valence electrons. The molecule has 0 amide bonds. The number of anilines is 1. The molecule has 1 saturated heterocycles. The van der Waals surface area contributed by atoms with Crippen LogP contribution in [0.1, 0.15) is 86.3 Å². The van der Waals surface area contributed by atoms with Gasteiger partial charge in [-0.25, -0.2) is 18.2 Å². The molecule has 7 heteroatoms. The summed E-state index contributed by atoms with van der Waals surface area (Å²) in [7, 11) is 0. The molecule has 4 heterocycles. The fourth-order valence-corrected chi connectivity index (χ4v) is 6.03. The van der Waals surface area contributed by atoms with E-state index in [9.17, 15) is 8.78 Å². The van der Waals surface area contributed by atoms with Gasteiger partial charge in [0.2, 0.25) is 5.92 Å². The first-order valence-corrected chi connectivity index (χ1v) is 13.3. The Morgan fingerprint density at radius 1 is 1.20 bits per heavy atom. The fraction of sp³-hybridized carbons (Fsp3) is 0.643. The minimum Gasteiger partial charge on any atom is -0.370 e. The third-order valence-electron chi connectivity index (χ3n) is 8.23. The number of nitrogens with one attached hydrogen (secondary N) is 1. The van der Waals surface area contributed by atoms with Gasteiger partial charge in [-0.1, -0.05) is 18.6 Å². The highest BCUT2D eigenvalue weighted by Crippen LogP contribution is 2.49. The molecule has 0 spiro atoms. The van der Waals surface area contributed by atoms with E-state index in [1.165, 1.54) is 5.56 Å². The van der Waals surface area contributed by atoms with Crippen LogP contribution in [0.15, 0.2) is 30.5 Å². The number of likely N-dealkylation sites (tertiary alicyclic amines) is 1. The first kappa shape index (κ1) is 24.5. The van der Waals surface area contributed by atoms with Crippen LogP contribution in [0.2, 0.25) is 0 Å². The number of hydrogen-bond acceptors (Lipinski definition) is 4. The van der Waals surface area contributed by atoms with E-state index in [0.717, 1.165) is 80.9 Å². The minimum atomic E-state index is -2.56. The summed E-state index contributed by atoms with van der Waals surface area (Å²) in [6.45, 7) is 4.65. The summed E-state index contributed by atoms with van der Waals surface area (Å²) in [5.41, 5.74) is 4.21. The van der Waals surface area contributed by atoms with E-state index in [4.69, 9.17) is 4.98 Å². The van der Waals surface area contributed by atoms with Gasteiger partial charge in [-0.05, 0) is 75.3 Å². The van der Waals surface area contributed by atoms with Crippen LogP contribution in [0.3, 0.4) is 0 Å². The van der Waals surface area contributed by atoms with Crippen molar-refractivity contribution in [2.45, 2.75) is 88.8 Å². The van der Waals surface area contributed by atoms with E-state index in [-0.39, 0.29) is 30.7 Å². The number of aryl methyl sites for hydroxylation is 2. The Morgan fingerprint density at radius 3 is 2.89 bits per heavy atom. The van der Waals surface area contributed by atoms with Gasteiger partial charge >= 0.3 is 0 Å². The maximum absolute atomic E-state index is 15.1. The Morgan fingerprint density at radius 2 is 2.06 bits per heavy atom. The predicted octanol–water partition coefficient (Wildman–Crippen LogP) is 6.48. The number of halogens is 3. The van der Waals surface area contributed by atoms with Crippen molar-refractivity contribution in [1.29, 1.82) is 0 Å². The van der Waals surface area contributed by atoms with Crippen LogP contribution < -0.4 is 5.32 Å². The Balaban J connectivity index is 1.09. The second-order valence-corrected chi connectivity index (χ2v) is 10.8. The topological polar surface area (TPSA) is 41.1 Å². The van der Waals surface area contributed by atoms with Gasteiger partial charge in [-0.3, -0.25) is 9.88 Å². The molecule has 1 N–H and O–H groups in total. The minimum absolute atomic E-state index is 0.0386. The number of nitrogens with zero attached hydrogens (tertiary/aromatic N) is 3. The maximum atomic E-state index is 15.1.